The van der Waals surface area contributed by atoms with Crippen LogP contribution in [-0.4, -0.2) is 36.4 Å². The van der Waals surface area contributed by atoms with Gasteiger partial charge in [-0.1, -0.05) is 71.0 Å². The molecule has 33 heavy (non-hydrogen) atoms. The van der Waals surface area contributed by atoms with Crippen molar-refractivity contribution < 1.29 is 14.3 Å². The maximum atomic E-state index is 13.4. The molecule has 0 heterocycles. The van der Waals surface area contributed by atoms with E-state index in [0.717, 1.165) is 16.9 Å². The van der Waals surface area contributed by atoms with Crippen molar-refractivity contribution in [1.82, 2.24) is 10.2 Å². The number of aryl methyl sites for hydroxylation is 1. The maximum Gasteiger partial charge on any atom is 0.242 e. The summed E-state index contributed by atoms with van der Waals surface area (Å²) in [6, 6.07) is 15.6. The summed E-state index contributed by atoms with van der Waals surface area (Å²) in [4.78, 5) is 28.1. The predicted octanol–water partition coefficient (Wildman–Crippen LogP) is 5.33. The van der Waals surface area contributed by atoms with Gasteiger partial charge in [-0.25, -0.2) is 0 Å². The fraction of sp³-hybridized carbons (Fsp3) is 0.500. The van der Waals surface area contributed by atoms with E-state index in [1.165, 1.54) is 5.56 Å². The van der Waals surface area contributed by atoms with E-state index in [1.807, 2.05) is 31.2 Å². The highest BCUT2D eigenvalue weighted by Gasteiger charge is 2.28. The van der Waals surface area contributed by atoms with Crippen LogP contribution >= 0.6 is 0 Å². The van der Waals surface area contributed by atoms with Crippen molar-refractivity contribution in [2.75, 3.05) is 13.7 Å². The molecule has 0 fully saturated rings. The third-order valence-electron chi connectivity index (χ3n) is 5.83. The minimum Gasteiger partial charge on any atom is -0.497 e. The highest BCUT2D eigenvalue weighted by atomic mass is 16.5. The summed E-state index contributed by atoms with van der Waals surface area (Å²) in [5.41, 5.74) is 3.36. The normalized spacial score (nSPS) is 12.0. The highest BCUT2D eigenvalue weighted by Crippen LogP contribution is 2.20. The fourth-order valence-electron chi connectivity index (χ4n) is 3.77. The lowest BCUT2D eigenvalue weighted by atomic mass is 10.00. The van der Waals surface area contributed by atoms with Crippen LogP contribution in [0.2, 0.25) is 0 Å². The van der Waals surface area contributed by atoms with Crippen molar-refractivity contribution >= 4 is 11.8 Å². The average Bonchev–Trinajstić information content (AvgIpc) is 2.81. The molecule has 0 unspecified atom stereocenters. The monoisotopic (exact) mass is 452 g/mol. The fourth-order valence-corrected chi connectivity index (χ4v) is 3.77. The van der Waals surface area contributed by atoms with Gasteiger partial charge in [0.1, 0.15) is 11.8 Å². The summed E-state index contributed by atoms with van der Waals surface area (Å²) < 4.78 is 5.35. The summed E-state index contributed by atoms with van der Waals surface area (Å²) in [5.74, 6) is 1.46. The zero-order valence-corrected chi connectivity index (χ0v) is 21.1. The van der Waals surface area contributed by atoms with Crippen molar-refractivity contribution in [2.24, 2.45) is 5.92 Å². The summed E-state index contributed by atoms with van der Waals surface area (Å²) in [6.45, 7) is 11.4. The quantitative estimate of drug-likeness (QED) is 0.473. The van der Waals surface area contributed by atoms with Crippen LogP contribution in [0.25, 0.3) is 0 Å². The Morgan fingerprint density at radius 1 is 1.00 bits per heavy atom. The number of hydrogen-bond donors (Lipinski definition) is 1. The lowest BCUT2D eigenvalue weighted by Gasteiger charge is -2.31. The molecule has 0 aliphatic rings. The summed E-state index contributed by atoms with van der Waals surface area (Å²) >= 11 is 0. The Balaban J connectivity index is 2.19. The molecule has 0 saturated carbocycles. The summed E-state index contributed by atoms with van der Waals surface area (Å²) in [7, 11) is 1.63. The first-order chi connectivity index (χ1) is 15.7. The van der Waals surface area contributed by atoms with Crippen molar-refractivity contribution in [3.05, 3.63) is 65.2 Å². The first-order valence-electron chi connectivity index (χ1n) is 12.0. The molecule has 0 bridgehead atoms. The SMILES string of the molecule is CC[C@@H](C(=O)NCC(C)C)N(Cc1cccc(OC)c1)C(=O)CCc1ccc(C(C)C)cc1. The van der Waals surface area contributed by atoms with E-state index >= 15 is 0 Å². The minimum absolute atomic E-state index is 0.0164. The van der Waals surface area contributed by atoms with E-state index in [2.05, 4.69) is 57.3 Å². The number of ether oxygens (including phenoxy) is 1. The number of nitrogens with one attached hydrogen (secondary N) is 1. The van der Waals surface area contributed by atoms with Gasteiger partial charge in [0, 0.05) is 19.5 Å². The second kappa shape index (κ2) is 13.0. The van der Waals surface area contributed by atoms with Gasteiger partial charge in [-0.15, -0.1) is 0 Å². The third-order valence-corrected chi connectivity index (χ3v) is 5.83. The molecule has 0 aromatic heterocycles. The van der Waals surface area contributed by atoms with Crippen LogP contribution < -0.4 is 10.1 Å². The van der Waals surface area contributed by atoms with Crippen molar-refractivity contribution in [3.8, 4) is 5.75 Å². The number of benzene rings is 2. The minimum atomic E-state index is -0.509. The molecule has 1 atom stereocenters. The van der Waals surface area contributed by atoms with Gasteiger partial charge >= 0.3 is 0 Å². The Hall–Kier alpha value is -2.82. The predicted molar refractivity (Wildman–Crippen MR) is 134 cm³/mol. The van der Waals surface area contributed by atoms with Gasteiger partial charge in [-0.3, -0.25) is 9.59 Å². The second-order valence-electron chi connectivity index (χ2n) is 9.33. The first-order valence-corrected chi connectivity index (χ1v) is 12.0. The van der Waals surface area contributed by atoms with Crippen LogP contribution in [0.1, 0.15) is 70.1 Å². The molecule has 180 valence electrons. The number of rotatable bonds is 12. The molecule has 1 N–H and O–H groups in total. The molecule has 2 amide bonds. The van der Waals surface area contributed by atoms with Crippen molar-refractivity contribution in [2.45, 2.75) is 72.4 Å². The number of amides is 2. The van der Waals surface area contributed by atoms with E-state index in [0.29, 0.717) is 44.2 Å². The van der Waals surface area contributed by atoms with Crippen molar-refractivity contribution in [3.63, 3.8) is 0 Å². The smallest absolute Gasteiger partial charge is 0.242 e. The zero-order valence-electron chi connectivity index (χ0n) is 21.1. The van der Waals surface area contributed by atoms with E-state index in [4.69, 9.17) is 4.74 Å². The molecule has 2 aromatic rings. The molecule has 0 aliphatic carbocycles. The van der Waals surface area contributed by atoms with Gasteiger partial charge in [0.2, 0.25) is 11.8 Å². The molecule has 0 aliphatic heterocycles. The van der Waals surface area contributed by atoms with Crippen LogP contribution in [0.15, 0.2) is 48.5 Å². The Morgan fingerprint density at radius 2 is 1.70 bits per heavy atom. The van der Waals surface area contributed by atoms with E-state index in [9.17, 15) is 9.59 Å². The topological polar surface area (TPSA) is 58.6 Å². The van der Waals surface area contributed by atoms with Crippen LogP contribution in [0.3, 0.4) is 0 Å². The second-order valence-corrected chi connectivity index (χ2v) is 9.33. The summed E-state index contributed by atoms with van der Waals surface area (Å²) in [6.07, 6.45) is 1.57. The Kier molecular flexibility index (Phi) is 10.4. The molecular formula is C28H40N2O3. The Labute approximate surface area is 199 Å². The molecule has 0 spiro atoms. The molecule has 2 aromatic carbocycles. The van der Waals surface area contributed by atoms with E-state index < -0.39 is 6.04 Å². The van der Waals surface area contributed by atoms with Crippen LogP contribution in [-0.2, 0) is 22.6 Å². The van der Waals surface area contributed by atoms with Gasteiger partial charge in [-0.2, -0.15) is 0 Å². The van der Waals surface area contributed by atoms with Crippen LogP contribution in [0, 0.1) is 5.92 Å². The lowest BCUT2D eigenvalue weighted by molar-refractivity contribution is -0.141. The van der Waals surface area contributed by atoms with Gasteiger partial charge in [0.15, 0.2) is 0 Å². The molecule has 2 rings (SSSR count). The Bertz CT molecular complexity index is 890. The molecule has 5 nitrogen and oxygen atoms in total. The summed E-state index contributed by atoms with van der Waals surface area (Å²) in [5, 5.41) is 3.01. The van der Waals surface area contributed by atoms with E-state index in [-0.39, 0.29) is 11.8 Å². The zero-order chi connectivity index (χ0) is 24.4. The number of nitrogens with zero attached hydrogens (tertiary/aromatic N) is 1. The standard InChI is InChI=1S/C28H40N2O3/c1-7-26(28(32)29-18-20(2)3)30(19-23-9-8-10-25(17-23)33-6)27(31)16-13-22-11-14-24(15-12-22)21(4)5/h8-12,14-15,17,20-21,26H,7,13,16,18-19H2,1-6H3,(H,29,32)/t26-/m0/s1. The highest BCUT2D eigenvalue weighted by molar-refractivity contribution is 5.87. The van der Waals surface area contributed by atoms with Crippen LogP contribution in [0.5, 0.6) is 5.75 Å². The Morgan fingerprint density at radius 3 is 2.27 bits per heavy atom. The maximum absolute atomic E-state index is 13.4. The number of carbonyl (C=O) groups is 2. The first kappa shape index (κ1) is 26.4. The molecule has 0 radical (unpaired) electrons. The molecule has 0 saturated heterocycles. The number of hydrogen-bond acceptors (Lipinski definition) is 3. The number of methoxy groups -OCH3 is 1. The van der Waals surface area contributed by atoms with Gasteiger partial charge in [-0.05, 0) is 53.5 Å². The number of carbonyl (C=O) groups excluding carboxylic acids is 2. The van der Waals surface area contributed by atoms with Gasteiger partial charge < -0.3 is 15.0 Å². The molecule has 5 heteroatoms. The van der Waals surface area contributed by atoms with Crippen molar-refractivity contribution in [1.29, 1.82) is 0 Å². The van der Waals surface area contributed by atoms with Crippen LogP contribution in [0.4, 0.5) is 0 Å². The van der Waals surface area contributed by atoms with Gasteiger partial charge in [0.25, 0.3) is 0 Å². The molecular weight excluding hydrogens is 412 g/mol. The van der Waals surface area contributed by atoms with E-state index in [1.54, 1.807) is 12.0 Å². The third kappa shape index (κ3) is 8.23. The lowest BCUT2D eigenvalue weighted by Crippen LogP contribution is -2.49. The largest absolute Gasteiger partial charge is 0.497 e. The van der Waals surface area contributed by atoms with Gasteiger partial charge in [0.05, 0.1) is 7.11 Å². The average molecular weight is 453 g/mol.